The van der Waals surface area contributed by atoms with E-state index >= 15 is 0 Å². The number of aromatic nitrogens is 1. The summed E-state index contributed by atoms with van der Waals surface area (Å²) in [5.74, 6) is 0. The quantitative estimate of drug-likeness (QED) is 0.883. The van der Waals surface area contributed by atoms with E-state index in [0.717, 1.165) is 17.4 Å². The molecular formula is C15H17F3N2. The van der Waals surface area contributed by atoms with E-state index in [9.17, 15) is 13.2 Å². The van der Waals surface area contributed by atoms with E-state index in [1.165, 1.54) is 6.92 Å². The molecule has 1 aromatic carbocycles. The third-order valence-corrected chi connectivity index (χ3v) is 3.20. The zero-order valence-corrected chi connectivity index (χ0v) is 11.7. The number of fused-ring (bicyclic) bond motifs is 1. The molecule has 0 saturated carbocycles. The predicted octanol–water partition coefficient (Wildman–Crippen LogP) is 4.69. The molecular weight excluding hydrogens is 265 g/mol. The summed E-state index contributed by atoms with van der Waals surface area (Å²) in [5, 5.41) is 3.85. The molecule has 20 heavy (non-hydrogen) atoms. The van der Waals surface area contributed by atoms with Crippen LogP contribution in [0.2, 0.25) is 0 Å². The van der Waals surface area contributed by atoms with Gasteiger partial charge < -0.3 is 5.32 Å². The lowest BCUT2D eigenvalue weighted by Crippen LogP contribution is -2.14. The molecule has 0 aliphatic heterocycles. The van der Waals surface area contributed by atoms with Crippen LogP contribution in [0.25, 0.3) is 10.9 Å². The fourth-order valence-corrected chi connectivity index (χ4v) is 2.23. The van der Waals surface area contributed by atoms with Gasteiger partial charge in [0.1, 0.15) is 5.69 Å². The Hall–Kier alpha value is -1.78. The van der Waals surface area contributed by atoms with Gasteiger partial charge in [-0.25, -0.2) is 4.98 Å². The number of halogens is 3. The minimum Gasteiger partial charge on any atom is -0.384 e. The van der Waals surface area contributed by atoms with Gasteiger partial charge in [0.2, 0.25) is 0 Å². The van der Waals surface area contributed by atoms with Crippen molar-refractivity contribution in [3.63, 3.8) is 0 Å². The second kappa shape index (κ2) is 5.31. The highest BCUT2D eigenvalue weighted by Crippen LogP contribution is 2.37. The molecule has 0 atom stereocenters. The molecule has 2 aromatic rings. The molecule has 0 saturated heterocycles. The number of pyridine rings is 1. The SMILES string of the molecule is CCCNc1c(C)c(C(F)(F)F)nc2ccc(C)cc12. The van der Waals surface area contributed by atoms with Crippen molar-refractivity contribution in [3.8, 4) is 0 Å². The van der Waals surface area contributed by atoms with Crippen LogP contribution in [0.15, 0.2) is 18.2 Å². The van der Waals surface area contributed by atoms with Gasteiger partial charge in [-0.15, -0.1) is 0 Å². The number of hydrogen-bond donors (Lipinski definition) is 1. The first-order valence-corrected chi connectivity index (χ1v) is 6.56. The molecule has 0 amide bonds. The Morgan fingerprint density at radius 2 is 1.90 bits per heavy atom. The number of nitrogens with zero attached hydrogens (tertiary/aromatic N) is 1. The minimum absolute atomic E-state index is 0.157. The number of anilines is 1. The van der Waals surface area contributed by atoms with Gasteiger partial charge in [0, 0.05) is 23.2 Å². The molecule has 108 valence electrons. The molecule has 1 aromatic heterocycles. The Bertz CT molecular complexity index is 633. The average Bonchev–Trinajstić information content (AvgIpc) is 2.36. The molecule has 0 aliphatic carbocycles. The highest BCUT2D eigenvalue weighted by molar-refractivity contribution is 5.94. The van der Waals surface area contributed by atoms with E-state index in [2.05, 4.69) is 10.3 Å². The van der Waals surface area contributed by atoms with Crippen LogP contribution in [0.1, 0.15) is 30.2 Å². The fraction of sp³-hybridized carbons (Fsp3) is 0.400. The number of benzene rings is 1. The summed E-state index contributed by atoms with van der Waals surface area (Å²) in [4.78, 5) is 3.79. The summed E-state index contributed by atoms with van der Waals surface area (Å²) in [6.07, 6.45) is -3.60. The molecule has 5 heteroatoms. The van der Waals surface area contributed by atoms with Gasteiger partial charge in [0.25, 0.3) is 0 Å². The van der Waals surface area contributed by atoms with Gasteiger partial charge in [0.15, 0.2) is 0 Å². The van der Waals surface area contributed by atoms with Gasteiger partial charge in [-0.3, -0.25) is 0 Å². The zero-order chi connectivity index (χ0) is 14.9. The summed E-state index contributed by atoms with van der Waals surface area (Å²) < 4.78 is 39.2. The molecule has 2 nitrogen and oxygen atoms in total. The van der Waals surface area contributed by atoms with Crippen molar-refractivity contribution in [3.05, 3.63) is 35.0 Å². The van der Waals surface area contributed by atoms with E-state index < -0.39 is 11.9 Å². The second-order valence-electron chi connectivity index (χ2n) is 4.91. The predicted molar refractivity (Wildman–Crippen MR) is 75.0 cm³/mol. The third-order valence-electron chi connectivity index (χ3n) is 3.20. The number of hydrogen-bond acceptors (Lipinski definition) is 2. The standard InChI is InChI=1S/C15H17F3N2/c1-4-7-19-13-10(3)14(15(16,17)18)20-12-6-5-9(2)8-11(12)13/h5-6,8H,4,7H2,1-3H3,(H,19,20). The van der Waals surface area contributed by atoms with Crippen LogP contribution in [0.3, 0.4) is 0 Å². The van der Waals surface area contributed by atoms with E-state index in [1.54, 1.807) is 12.1 Å². The molecule has 0 fully saturated rings. The largest absolute Gasteiger partial charge is 0.433 e. The lowest BCUT2D eigenvalue weighted by molar-refractivity contribution is -0.141. The van der Waals surface area contributed by atoms with Crippen molar-refractivity contribution in [1.29, 1.82) is 0 Å². The minimum atomic E-state index is -4.44. The molecule has 2 rings (SSSR count). The average molecular weight is 282 g/mol. The van der Waals surface area contributed by atoms with E-state index in [1.807, 2.05) is 19.9 Å². The first-order chi connectivity index (χ1) is 9.34. The van der Waals surface area contributed by atoms with E-state index in [-0.39, 0.29) is 5.56 Å². The molecule has 0 bridgehead atoms. The van der Waals surface area contributed by atoms with Gasteiger partial charge in [-0.2, -0.15) is 13.2 Å². The molecule has 0 radical (unpaired) electrons. The Morgan fingerprint density at radius 3 is 2.50 bits per heavy atom. The zero-order valence-electron chi connectivity index (χ0n) is 11.7. The topological polar surface area (TPSA) is 24.9 Å². The summed E-state index contributed by atoms with van der Waals surface area (Å²) in [6.45, 7) is 5.98. The monoisotopic (exact) mass is 282 g/mol. The number of aryl methyl sites for hydroxylation is 1. The van der Waals surface area contributed by atoms with Gasteiger partial charge in [0.05, 0.1) is 5.52 Å². The van der Waals surface area contributed by atoms with Crippen LogP contribution in [0.4, 0.5) is 18.9 Å². The molecule has 0 unspecified atom stereocenters. The Morgan fingerprint density at radius 1 is 1.20 bits per heavy atom. The van der Waals surface area contributed by atoms with Crippen molar-refractivity contribution in [2.45, 2.75) is 33.4 Å². The van der Waals surface area contributed by atoms with Crippen LogP contribution >= 0.6 is 0 Å². The first-order valence-electron chi connectivity index (χ1n) is 6.56. The summed E-state index contributed by atoms with van der Waals surface area (Å²) in [6, 6.07) is 5.28. The van der Waals surface area contributed by atoms with Gasteiger partial charge in [-0.05, 0) is 32.4 Å². The lowest BCUT2D eigenvalue weighted by atomic mass is 10.0. The normalized spacial score (nSPS) is 11.9. The van der Waals surface area contributed by atoms with Crippen LogP contribution in [0, 0.1) is 13.8 Å². The number of alkyl halides is 3. The number of nitrogens with one attached hydrogen (secondary N) is 1. The molecule has 1 N–H and O–H groups in total. The van der Waals surface area contributed by atoms with Crippen LogP contribution < -0.4 is 5.32 Å². The molecule has 0 aliphatic rings. The van der Waals surface area contributed by atoms with Crippen molar-refractivity contribution in [2.24, 2.45) is 0 Å². The van der Waals surface area contributed by atoms with E-state index in [0.29, 0.717) is 17.7 Å². The van der Waals surface area contributed by atoms with Crippen molar-refractivity contribution >= 4 is 16.6 Å². The highest BCUT2D eigenvalue weighted by atomic mass is 19.4. The third kappa shape index (κ3) is 2.71. The maximum atomic E-state index is 13.1. The summed E-state index contributed by atoms with van der Waals surface area (Å²) in [7, 11) is 0. The molecule has 1 heterocycles. The van der Waals surface area contributed by atoms with Gasteiger partial charge >= 0.3 is 6.18 Å². The van der Waals surface area contributed by atoms with Crippen LogP contribution in [-0.4, -0.2) is 11.5 Å². The van der Waals surface area contributed by atoms with Gasteiger partial charge in [-0.1, -0.05) is 18.6 Å². The fourth-order valence-electron chi connectivity index (χ4n) is 2.23. The summed E-state index contributed by atoms with van der Waals surface area (Å²) in [5.41, 5.74) is 1.24. The number of rotatable bonds is 3. The summed E-state index contributed by atoms with van der Waals surface area (Å²) >= 11 is 0. The van der Waals surface area contributed by atoms with Crippen molar-refractivity contribution in [1.82, 2.24) is 4.98 Å². The first kappa shape index (κ1) is 14.6. The Balaban J connectivity index is 2.74. The Kier molecular flexibility index (Phi) is 3.88. The smallest absolute Gasteiger partial charge is 0.384 e. The van der Waals surface area contributed by atoms with Crippen molar-refractivity contribution < 1.29 is 13.2 Å². The Labute approximate surface area is 116 Å². The van der Waals surface area contributed by atoms with Crippen LogP contribution in [0.5, 0.6) is 0 Å². The maximum Gasteiger partial charge on any atom is 0.433 e. The highest BCUT2D eigenvalue weighted by Gasteiger charge is 2.36. The second-order valence-corrected chi connectivity index (χ2v) is 4.91. The molecule has 0 spiro atoms. The van der Waals surface area contributed by atoms with Crippen LogP contribution in [-0.2, 0) is 6.18 Å². The van der Waals surface area contributed by atoms with Crippen molar-refractivity contribution in [2.75, 3.05) is 11.9 Å². The van der Waals surface area contributed by atoms with E-state index in [4.69, 9.17) is 0 Å². The lowest BCUT2D eigenvalue weighted by Gasteiger charge is -2.17. The maximum absolute atomic E-state index is 13.1.